The first kappa shape index (κ1) is 17.1. The van der Waals surface area contributed by atoms with Gasteiger partial charge in [0.05, 0.1) is 0 Å². The molecule has 0 aliphatic rings. The number of nitrogens with zero attached hydrogens (tertiary/aromatic N) is 1. The Hall–Kier alpha value is -2.23. The molecule has 10 heteroatoms. The molecule has 2 rings (SSSR count). The first-order valence-electron chi connectivity index (χ1n) is 6.31. The molecule has 0 spiro atoms. The Morgan fingerprint density at radius 3 is 2.74 bits per heavy atom. The fourth-order valence-corrected chi connectivity index (χ4v) is 2.11. The molecule has 1 aromatic heterocycles. The molecule has 124 valence electrons. The number of ether oxygens (including phenoxy) is 1. The number of rotatable bonds is 6. The molecule has 1 aromatic carbocycles. The molecule has 1 N–H and O–H groups in total. The van der Waals surface area contributed by atoms with Crippen LogP contribution in [0.2, 0.25) is 0 Å². The zero-order valence-electron chi connectivity index (χ0n) is 11.6. The van der Waals surface area contributed by atoms with E-state index in [4.69, 9.17) is 4.42 Å². The van der Waals surface area contributed by atoms with Gasteiger partial charge in [0.25, 0.3) is 11.1 Å². The summed E-state index contributed by atoms with van der Waals surface area (Å²) in [4.78, 5) is 26.6. The number of halogens is 3. The highest BCUT2D eigenvalue weighted by atomic mass is 32.2. The van der Waals surface area contributed by atoms with E-state index in [-0.39, 0.29) is 11.0 Å². The lowest BCUT2D eigenvalue weighted by molar-refractivity contribution is -0.149. The standard InChI is InChI=1S/C13H11F3N2O4S/c14-13(15,16)7-17-10(19)5-21-11(20)6-23-12-18-8-3-1-2-4-9(8)22-12/h1-4H,5-7H2,(H,17,19). The third kappa shape index (κ3) is 5.81. The summed E-state index contributed by atoms with van der Waals surface area (Å²) in [7, 11) is 0. The van der Waals surface area contributed by atoms with Crippen molar-refractivity contribution in [3.05, 3.63) is 24.3 Å². The summed E-state index contributed by atoms with van der Waals surface area (Å²) in [6.45, 7) is -2.25. The molecule has 1 heterocycles. The number of hydrogen-bond acceptors (Lipinski definition) is 6. The van der Waals surface area contributed by atoms with E-state index in [9.17, 15) is 22.8 Å². The molecule has 23 heavy (non-hydrogen) atoms. The highest BCUT2D eigenvalue weighted by molar-refractivity contribution is 7.99. The zero-order chi connectivity index (χ0) is 16.9. The fourth-order valence-electron chi connectivity index (χ4n) is 1.47. The molecule has 0 atom stereocenters. The first-order chi connectivity index (χ1) is 10.8. The number of nitrogens with one attached hydrogen (secondary N) is 1. The summed E-state index contributed by atoms with van der Waals surface area (Å²) in [5.41, 5.74) is 1.20. The van der Waals surface area contributed by atoms with Crippen LogP contribution in [0.25, 0.3) is 11.1 Å². The summed E-state index contributed by atoms with van der Waals surface area (Å²) < 4.78 is 45.5. The Bertz CT molecular complexity index is 669. The molecule has 0 unspecified atom stereocenters. The Morgan fingerprint density at radius 2 is 2.04 bits per heavy atom. The fraction of sp³-hybridized carbons (Fsp3) is 0.308. The van der Waals surface area contributed by atoms with Crippen LogP contribution in [-0.2, 0) is 14.3 Å². The number of benzene rings is 1. The molecule has 2 aromatic rings. The van der Waals surface area contributed by atoms with Crippen molar-refractivity contribution >= 4 is 34.7 Å². The average molecular weight is 348 g/mol. The minimum absolute atomic E-state index is 0.181. The smallest absolute Gasteiger partial charge is 0.405 e. The van der Waals surface area contributed by atoms with Crippen LogP contribution in [0, 0.1) is 0 Å². The normalized spacial score (nSPS) is 11.4. The van der Waals surface area contributed by atoms with Gasteiger partial charge in [-0.05, 0) is 12.1 Å². The van der Waals surface area contributed by atoms with Crippen molar-refractivity contribution in [2.45, 2.75) is 11.4 Å². The number of oxazole rings is 1. The van der Waals surface area contributed by atoms with E-state index >= 15 is 0 Å². The number of hydrogen-bond donors (Lipinski definition) is 1. The van der Waals surface area contributed by atoms with Gasteiger partial charge in [-0.3, -0.25) is 9.59 Å². The molecular weight excluding hydrogens is 337 g/mol. The number of para-hydroxylation sites is 2. The summed E-state index contributed by atoms with van der Waals surface area (Å²) in [6.07, 6.45) is -4.51. The van der Waals surface area contributed by atoms with Crippen LogP contribution in [0.3, 0.4) is 0 Å². The minimum Gasteiger partial charge on any atom is -0.455 e. The van der Waals surface area contributed by atoms with Gasteiger partial charge in [0.2, 0.25) is 0 Å². The molecule has 0 radical (unpaired) electrons. The van der Waals surface area contributed by atoms with Crippen molar-refractivity contribution < 1.29 is 31.9 Å². The van der Waals surface area contributed by atoms with Crippen molar-refractivity contribution in [3.63, 3.8) is 0 Å². The maximum Gasteiger partial charge on any atom is 0.405 e. The lowest BCUT2D eigenvalue weighted by atomic mass is 10.3. The molecule has 6 nitrogen and oxygen atoms in total. The number of aromatic nitrogens is 1. The van der Waals surface area contributed by atoms with Crippen molar-refractivity contribution in [3.8, 4) is 0 Å². The Kier molecular flexibility index (Phi) is 5.48. The van der Waals surface area contributed by atoms with Crippen LogP contribution in [0.15, 0.2) is 33.9 Å². The number of fused-ring (bicyclic) bond motifs is 1. The van der Waals surface area contributed by atoms with Gasteiger partial charge in [-0.25, -0.2) is 4.98 Å². The molecule has 0 fully saturated rings. The second kappa shape index (κ2) is 7.36. The van der Waals surface area contributed by atoms with Gasteiger partial charge < -0.3 is 14.5 Å². The summed E-state index contributed by atoms with van der Waals surface area (Å²) in [6, 6.07) is 7.02. The molecule has 0 saturated carbocycles. The Labute approximate surface area is 132 Å². The van der Waals surface area contributed by atoms with E-state index < -0.39 is 31.2 Å². The van der Waals surface area contributed by atoms with Gasteiger partial charge in [-0.1, -0.05) is 23.9 Å². The Morgan fingerprint density at radius 1 is 1.30 bits per heavy atom. The maximum atomic E-state index is 11.9. The second-order valence-electron chi connectivity index (χ2n) is 4.29. The summed E-state index contributed by atoms with van der Waals surface area (Å²) in [5.74, 6) is -1.97. The number of esters is 1. The van der Waals surface area contributed by atoms with E-state index in [1.54, 1.807) is 29.6 Å². The summed E-state index contributed by atoms with van der Waals surface area (Å²) in [5, 5.41) is 1.85. The van der Waals surface area contributed by atoms with Crippen LogP contribution in [0.5, 0.6) is 0 Å². The third-order valence-corrected chi connectivity index (χ3v) is 3.24. The quantitative estimate of drug-likeness (QED) is 0.636. The minimum atomic E-state index is -4.51. The topological polar surface area (TPSA) is 81.4 Å². The predicted octanol–water partition coefficient (Wildman–Crippen LogP) is 2.14. The largest absolute Gasteiger partial charge is 0.455 e. The Balaban J connectivity index is 1.71. The van der Waals surface area contributed by atoms with E-state index in [0.717, 1.165) is 11.8 Å². The zero-order valence-corrected chi connectivity index (χ0v) is 12.4. The maximum absolute atomic E-state index is 11.9. The molecular formula is C13H11F3N2O4S. The lowest BCUT2D eigenvalue weighted by Gasteiger charge is -2.08. The summed E-state index contributed by atoms with van der Waals surface area (Å²) >= 11 is 0.960. The van der Waals surface area contributed by atoms with Gasteiger partial charge in [0.15, 0.2) is 12.2 Å². The number of carbonyl (C=O) groups is 2. The van der Waals surface area contributed by atoms with Crippen molar-refractivity contribution in [1.29, 1.82) is 0 Å². The number of thioether (sulfide) groups is 1. The highest BCUT2D eigenvalue weighted by Crippen LogP contribution is 2.23. The van der Waals surface area contributed by atoms with Crippen LogP contribution in [0.1, 0.15) is 0 Å². The van der Waals surface area contributed by atoms with Gasteiger partial charge >= 0.3 is 12.1 Å². The van der Waals surface area contributed by atoms with Crippen molar-refractivity contribution in [2.75, 3.05) is 18.9 Å². The SMILES string of the molecule is O=C(COC(=O)CSc1nc2ccccc2o1)NCC(F)(F)F. The first-order valence-corrected chi connectivity index (χ1v) is 7.29. The highest BCUT2D eigenvalue weighted by Gasteiger charge is 2.27. The van der Waals surface area contributed by atoms with E-state index in [2.05, 4.69) is 9.72 Å². The number of alkyl halides is 3. The van der Waals surface area contributed by atoms with Crippen LogP contribution >= 0.6 is 11.8 Å². The second-order valence-corrected chi connectivity index (χ2v) is 5.22. The average Bonchev–Trinajstić information content (AvgIpc) is 2.91. The van der Waals surface area contributed by atoms with Crippen LogP contribution in [0.4, 0.5) is 13.2 Å². The van der Waals surface area contributed by atoms with Crippen molar-refractivity contribution in [1.82, 2.24) is 10.3 Å². The molecule has 0 bridgehead atoms. The number of amides is 1. The van der Waals surface area contributed by atoms with E-state index in [0.29, 0.717) is 11.1 Å². The third-order valence-electron chi connectivity index (χ3n) is 2.44. The molecule has 0 aliphatic heterocycles. The van der Waals surface area contributed by atoms with Crippen molar-refractivity contribution in [2.24, 2.45) is 0 Å². The lowest BCUT2D eigenvalue weighted by Crippen LogP contribution is -2.36. The van der Waals surface area contributed by atoms with Gasteiger partial charge in [0, 0.05) is 0 Å². The van der Waals surface area contributed by atoms with Gasteiger partial charge in [0.1, 0.15) is 17.8 Å². The molecule has 0 aliphatic carbocycles. The van der Waals surface area contributed by atoms with Gasteiger partial charge in [-0.15, -0.1) is 0 Å². The monoisotopic (exact) mass is 348 g/mol. The molecule has 0 saturated heterocycles. The predicted molar refractivity (Wildman–Crippen MR) is 74.8 cm³/mol. The van der Waals surface area contributed by atoms with Gasteiger partial charge in [-0.2, -0.15) is 13.2 Å². The number of carbonyl (C=O) groups excluding carboxylic acids is 2. The van der Waals surface area contributed by atoms with E-state index in [1.807, 2.05) is 0 Å². The van der Waals surface area contributed by atoms with Crippen LogP contribution in [-0.4, -0.2) is 41.9 Å². The van der Waals surface area contributed by atoms with E-state index in [1.165, 1.54) is 0 Å². The molecule has 1 amide bonds. The van der Waals surface area contributed by atoms with Crippen LogP contribution < -0.4 is 5.32 Å².